The normalized spacial score (nSPS) is 21.1. The molecule has 0 bridgehead atoms. The number of methoxy groups -OCH3 is 1. The number of benzene rings is 1. The largest absolute Gasteiger partial charge is 0.497 e. The molecule has 5 heteroatoms. The van der Waals surface area contributed by atoms with Crippen LogP contribution in [0.2, 0.25) is 0 Å². The average Bonchev–Trinajstić information content (AvgIpc) is 3.18. The summed E-state index contributed by atoms with van der Waals surface area (Å²) in [7, 11) is 1.68. The number of aliphatic hydroxyl groups excluding tert-OH is 1. The van der Waals surface area contributed by atoms with Crippen molar-refractivity contribution in [2.24, 2.45) is 0 Å². The highest BCUT2D eigenvalue weighted by Crippen LogP contribution is 2.34. The highest BCUT2D eigenvalue weighted by Gasteiger charge is 2.32. The van der Waals surface area contributed by atoms with Crippen LogP contribution in [0.5, 0.6) is 5.75 Å². The number of hydrogen-bond donors (Lipinski definition) is 1. The van der Waals surface area contributed by atoms with Gasteiger partial charge in [0.2, 0.25) is 0 Å². The maximum absolute atomic E-state index is 10.2. The Bertz CT molecular complexity index is 890. The Kier molecular flexibility index (Phi) is 4.19. The third-order valence-electron chi connectivity index (χ3n) is 4.96. The standard InChI is InChI=1S/C20H23N3O2/c1-14-6-7-20-21-10-16(23(20)11-14)12-22-13-17(24)9-19(22)15-4-3-5-18(8-15)25-2/h3-8,10-11,17,19,24H,9,12-13H2,1-2H3/t17-,19-/m1/s1. The number of nitrogens with zero attached hydrogens (tertiary/aromatic N) is 3. The van der Waals surface area contributed by atoms with Crippen molar-refractivity contribution < 1.29 is 9.84 Å². The van der Waals surface area contributed by atoms with Crippen molar-refractivity contribution in [1.29, 1.82) is 0 Å². The van der Waals surface area contributed by atoms with Crippen LogP contribution in [-0.2, 0) is 6.54 Å². The zero-order valence-electron chi connectivity index (χ0n) is 14.6. The minimum Gasteiger partial charge on any atom is -0.497 e. The van der Waals surface area contributed by atoms with Crippen molar-refractivity contribution in [1.82, 2.24) is 14.3 Å². The van der Waals surface area contributed by atoms with Crippen LogP contribution in [0.25, 0.3) is 5.65 Å². The third-order valence-corrected chi connectivity index (χ3v) is 4.96. The zero-order chi connectivity index (χ0) is 17.4. The Morgan fingerprint density at radius 1 is 1.28 bits per heavy atom. The summed E-state index contributed by atoms with van der Waals surface area (Å²) in [5, 5.41) is 10.2. The van der Waals surface area contributed by atoms with Crippen LogP contribution < -0.4 is 4.74 Å². The Labute approximate surface area is 147 Å². The summed E-state index contributed by atoms with van der Waals surface area (Å²) < 4.78 is 7.50. The van der Waals surface area contributed by atoms with Crippen molar-refractivity contribution in [3.8, 4) is 5.75 Å². The molecule has 0 saturated carbocycles. The van der Waals surface area contributed by atoms with Crippen LogP contribution in [0, 0.1) is 6.92 Å². The summed E-state index contributed by atoms with van der Waals surface area (Å²) in [5.74, 6) is 0.851. The molecule has 3 aromatic rings. The first kappa shape index (κ1) is 16.1. The first-order valence-electron chi connectivity index (χ1n) is 8.62. The molecular formula is C20H23N3O2. The van der Waals surface area contributed by atoms with E-state index in [1.54, 1.807) is 7.11 Å². The summed E-state index contributed by atoms with van der Waals surface area (Å²) in [6.45, 7) is 3.51. The van der Waals surface area contributed by atoms with E-state index >= 15 is 0 Å². The molecule has 0 amide bonds. The molecule has 0 unspecified atom stereocenters. The number of likely N-dealkylation sites (tertiary alicyclic amines) is 1. The Balaban J connectivity index is 1.64. The van der Waals surface area contributed by atoms with E-state index in [4.69, 9.17) is 4.74 Å². The first-order valence-corrected chi connectivity index (χ1v) is 8.62. The Hall–Kier alpha value is -2.37. The van der Waals surface area contributed by atoms with Gasteiger partial charge in [-0.05, 0) is 42.7 Å². The molecule has 0 aliphatic carbocycles. The van der Waals surface area contributed by atoms with Gasteiger partial charge in [-0.15, -0.1) is 0 Å². The fourth-order valence-electron chi connectivity index (χ4n) is 3.71. The molecular weight excluding hydrogens is 314 g/mol. The van der Waals surface area contributed by atoms with E-state index in [9.17, 15) is 5.11 Å². The molecule has 4 rings (SSSR count). The lowest BCUT2D eigenvalue weighted by atomic mass is 10.0. The second-order valence-corrected chi connectivity index (χ2v) is 6.80. The van der Waals surface area contributed by atoms with Crippen molar-refractivity contribution in [2.75, 3.05) is 13.7 Å². The average molecular weight is 337 g/mol. The number of ether oxygens (including phenoxy) is 1. The maximum Gasteiger partial charge on any atom is 0.136 e. The topological polar surface area (TPSA) is 50.0 Å². The van der Waals surface area contributed by atoms with Gasteiger partial charge < -0.3 is 14.2 Å². The molecule has 1 N–H and O–H groups in total. The summed E-state index contributed by atoms with van der Waals surface area (Å²) >= 11 is 0. The van der Waals surface area contributed by atoms with Gasteiger partial charge in [0.1, 0.15) is 11.4 Å². The zero-order valence-corrected chi connectivity index (χ0v) is 14.6. The van der Waals surface area contributed by atoms with Crippen LogP contribution in [0.15, 0.2) is 48.8 Å². The summed E-state index contributed by atoms with van der Waals surface area (Å²) in [4.78, 5) is 6.82. The monoisotopic (exact) mass is 337 g/mol. The Morgan fingerprint density at radius 2 is 2.16 bits per heavy atom. The molecule has 130 valence electrons. The third kappa shape index (κ3) is 3.13. The maximum atomic E-state index is 10.2. The highest BCUT2D eigenvalue weighted by molar-refractivity contribution is 5.41. The molecule has 5 nitrogen and oxygen atoms in total. The number of imidazole rings is 1. The van der Waals surface area contributed by atoms with Crippen LogP contribution >= 0.6 is 0 Å². The number of aryl methyl sites for hydroxylation is 1. The van der Waals surface area contributed by atoms with Gasteiger partial charge in [0.15, 0.2) is 0 Å². The molecule has 1 aliphatic rings. The predicted octanol–water partition coefficient (Wildman–Crippen LogP) is 2.96. The van der Waals surface area contributed by atoms with Gasteiger partial charge in [0.25, 0.3) is 0 Å². The SMILES string of the molecule is COc1cccc([C@H]2C[C@@H](O)CN2Cc2cnc3ccc(C)cn23)c1. The van der Waals surface area contributed by atoms with Gasteiger partial charge in [-0.3, -0.25) is 4.90 Å². The number of β-amino-alcohol motifs (C(OH)–C–C–N with tert-alkyl or cyclic N) is 1. The molecule has 1 saturated heterocycles. The lowest BCUT2D eigenvalue weighted by Gasteiger charge is -2.24. The minimum absolute atomic E-state index is 0.181. The van der Waals surface area contributed by atoms with Gasteiger partial charge >= 0.3 is 0 Å². The highest BCUT2D eigenvalue weighted by atomic mass is 16.5. The molecule has 0 radical (unpaired) electrons. The predicted molar refractivity (Wildman–Crippen MR) is 96.7 cm³/mol. The van der Waals surface area contributed by atoms with Gasteiger partial charge in [0.05, 0.1) is 25.1 Å². The summed E-state index contributed by atoms with van der Waals surface area (Å²) in [5.41, 5.74) is 4.48. The van der Waals surface area contributed by atoms with Gasteiger partial charge in [0, 0.05) is 25.3 Å². The number of aliphatic hydroxyl groups is 1. The minimum atomic E-state index is -0.308. The van der Waals surface area contributed by atoms with Gasteiger partial charge in [-0.25, -0.2) is 4.98 Å². The Morgan fingerprint density at radius 3 is 3.00 bits per heavy atom. The molecule has 2 aromatic heterocycles. The molecule has 0 spiro atoms. The van der Waals surface area contributed by atoms with Crippen LogP contribution in [0.4, 0.5) is 0 Å². The summed E-state index contributed by atoms with van der Waals surface area (Å²) in [6.07, 6.45) is 4.48. The molecule has 2 atom stereocenters. The van der Waals surface area contributed by atoms with E-state index < -0.39 is 0 Å². The second kappa shape index (κ2) is 6.50. The molecule has 25 heavy (non-hydrogen) atoms. The number of aromatic nitrogens is 2. The first-order chi connectivity index (χ1) is 12.1. The van der Waals surface area contributed by atoms with E-state index in [0.29, 0.717) is 6.54 Å². The number of hydrogen-bond acceptors (Lipinski definition) is 4. The smallest absolute Gasteiger partial charge is 0.136 e. The van der Waals surface area contributed by atoms with Crippen LogP contribution in [0.1, 0.15) is 29.3 Å². The van der Waals surface area contributed by atoms with E-state index in [-0.39, 0.29) is 12.1 Å². The number of pyridine rings is 1. The fourth-order valence-corrected chi connectivity index (χ4v) is 3.71. The van der Waals surface area contributed by atoms with E-state index in [2.05, 4.69) is 45.6 Å². The van der Waals surface area contributed by atoms with Crippen molar-refractivity contribution in [2.45, 2.75) is 32.0 Å². The number of rotatable bonds is 4. The van der Waals surface area contributed by atoms with Gasteiger partial charge in [-0.1, -0.05) is 18.2 Å². The van der Waals surface area contributed by atoms with Crippen LogP contribution in [-0.4, -0.2) is 39.1 Å². The van der Waals surface area contributed by atoms with Crippen LogP contribution in [0.3, 0.4) is 0 Å². The molecule has 1 aromatic carbocycles. The number of fused-ring (bicyclic) bond motifs is 1. The second-order valence-electron chi connectivity index (χ2n) is 6.80. The van der Waals surface area contributed by atoms with Crippen molar-refractivity contribution in [3.63, 3.8) is 0 Å². The van der Waals surface area contributed by atoms with E-state index in [0.717, 1.165) is 30.1 Å². The van der Waals surface area contributed by atoms with Crippen molar-refractivity contribution in [3.05, 3.63) is 65.6 Å². The van der Waals surface area contributed by atoms with Gasteiger partial charge in [-0.2, -0.15) is 0 Å². The molecule has 3 heterocycles. The molecule has 1 aliphatic heterocycles. The fraction of sp³-hybridized carbons (Fsp3) is 0.350. The van der Waals surface area contributed by atoms with Crippen molar-refractivity contribution >= 4 is 5.65 Å². The van der Waals surface area contributed by atoms with E-state index in [1.165, 1.54) is 11.1 Å². The summed E-state index contributed by atoms with van der Waals surface area (Å²) in [6, 6.07) is 12.4. The molecule has 1 fully saturated rings. The lowest BCUT2D eigenvalue weighted by molar-refractivity contribution is 0.172. The lowest BCUT2D eigenvalue weighted by Crippen LogP contribution is -2.25. The van der Waals surface area contributed by atoms with E-state index in [1.807, 2.05) is 24.4 Å². The quantitative estimate of drug-likeness (QED) is 0.795.